The SMILES string of the molecule is c1ccc(-c2nc(-c3ccccc3-c3ccccn3)cc(-c3ccc(-c4ccc5c(c4)oc4ccccc45)c4c3oc3ccccc34)n2)cc1. The van der Waals surface area contributed by atoms with Gasteiger partial charge in [-0.1, -0.05) is 109 Å². The van der Waals surface area contributed by atoms with Crippen LogP contribution in [0.3, 0.4) is 0 Å². The van der Waals surface area contributed by atoms with Gasteiger partial charge in [-0.25, -0.2) is 9.97 Å². The van der Waals surface area contributed by atoms with Crippen LogP contribution in [0.25, 0.3) is 100 Å². The van der Waals surface area contributed by atoms with E-state index < -0.39 is 0 Å². The summed E-state index contributed by atoms with van der Waals surface area (Å²) in [4.78, 5) is 15.0. The highest BCUT2D eigenvalue weighted by Gasteiger charge is 2.21. The number of furan rings is 2. The van der Waals surface area contributed by atoms with Gasteiger partial charge in [0.05, 0.1) is 17.1 Å². The molecule has 10 aromatic rings. The van der Waals surface area contributed by atoms with Crippen molar-refractivity contribution >= 4 is 43.9 Å². The molecular formula is C45H27N3O2. The maximum Gasteiger partial charge on any atom is 0.160 e. The molecule has 0 saturated carbocycles. The van der Waals surface area contributed by atoms with Gasteiger partial charge in [0.1, 0.15) is 22.3 Å². The number of para-hydroxylation sites is 2. The molecule has 0 amide bonds. The van der Waals surface area contributed by atoms with Crippen LogP contribution >= 0.6 is 0 Å². The van der Waals surface area contributed by atoms with Gasteiger partial charge in [0.2, 0.25) is 0 Å². The van der Waals surface area contributed by atoms with Crippen molar-refractivity contribution in [2.24, 2.45) is 0 Å². The molecule has 0 spiro atoms. The molecule has 4 aromatic heterocycles. The zero-order valence-corrected chi connectivity index (χ0v) is 26.7. The van der Waals surface area contributed by atoms with Crippen LogP contribution in [-0.2, 0) is 0 Å². The summed E-state index contributed by atoms with van der Waals surface area (Å²) in [5, 5.41) is 4.29. The average Bonchev–Trinajstić information content (AvgIpc) is 3.77. The van der Waals surface area contributed by atoms with Gasteiger partial charge >= 0.3 is 0 Å². The molecule has 50 heavy (non-hydrogen) atoms. The number of fused-ring (bicyclic) bond motifs is 6. The molecule has 0 atom stereocenters. The van der Waals surface area contributed by atoms with Crippen LogP contribution in [0.1, 0.15) is 0 Å². The molecule has 10 rings (SSSR count). The second-order valence-corrected chi connectivity index (χ2v) is 12.4. The normalized spacial score (nSPS) is 11.6. The Morgan fingerprint density at radius 1 is 0.380 bits per heavy atom. The Morgan fingerprint density at radius 2 is 1.02 bits per heavy atom. The van der Waals surface area contributed by atoms with Gasteiger partial charge < -0.3 is 8.83 Å². The minimum Gasteiger partial charge on any atom is -0.456 e. The van der Waals surface area contributed by atoms with E-state index in [1.165, 1.54) is 0 Å². The van der Waals surface area contributed by atoms with E-state index in [-0.39, 0.29) is 0 Å². The van der Waals surface area contributed by atoms with E-state index in [1.54, 1.807) is 0 Å². The molecule has 0 aliphatic carbocycles. The number of hydrogen-bond acceptors (Lipinski definition) is 5. The highest BCUT2D eigenvalue weighted by atomic mass is 16.3. The first-order chi connectivity index (χ1) is 24.8. The van der Waals surface area contributed by atoms with Crippen molar-refractivity contribution in [3.8, 4) is 56.3 Å². The summed E-state index contributed by atoms with van der Waals surface area (Å²) in [7, 11) is 0. The monoisotopic (exact) mass is 641 g/mol. The predicted octanol–water partition coefficient (Wildman–Crippen LogP) is 12.0. The molecule has 0 unspecified atom stereocenters. The number of nitrogens with zero attached hydrogens (tertiary/aromatic N) is 3. The fourth-order valence-corrected chi connectivity index (χ4v) is 7.06. The number of rotatable bonds is 5. The van der Waals surface area contributed by atoms with Gasteiger partial charge in [-0.05, 0) is 59.7 Å². The molecule has 0 radical (unpaired) electrons. The number of benzene rings is 6. The van der Waals surface area contributed by atoms with Gasteiger partial charge in [0.15, 0.2) is 5.82 Å². The Labute approximate surface area is 287 Å². The lowest BCUT2D eigenvalue weighted by Crippen LogP contribution is -1.97. The van der Waals surface area contributed by atoms with Gasteiger partial charge in [-0.2, -0.15) is 0 Å². The second kappa shape index (κ2) is 11.4. The number of pyridine rings is 1. The highest BCUT2D eigenvalue weighted by molar-refractivity contribution is 6.17. The fourth-order valence-electron chi connectivity index (χ4n) is 7.06. The Kier molecular flexibility index (Phi) is 6.42. The lowest BCUT2D eigenvalue weighted by atomic mass is 9.94. The number of hydrogen-bond donors (Lipinski definition) is 0. The maximum atomic E-state index is 6.73. The summed E-state index contributed by atoms with van der Waals surface area (Å²) in [6.07, 6.45) is 1.82. The summed E-state index contributed by atoms with van der Waals surface area (Å²) < 4.78 is 13.0. The topological polar surface area (TPSA) is 65.0 Å². The number of aromatic nitrogens is 3. The molecule has 5 heteroatoms. The summed E-state index contributed by atoms with van der Waals surface area (Å²) in [5.74, 6) is 0.637. The van der Waals surface area contributed by atoms with Crippen molar-refractivity contribution in [1.82, 2.24) is 15.0 Å². The second-order valence-electron chi connectivity index (χ2n) is 12.4. The lowest BCUT2D eigenvalue weighted by Gasteiger charge is -2.13. The van der Waals surface area contributed by atoms with Crippen molar-refractivity contribution in [2.75, 3.05) is 0 Å². The first kappa shape index (κ1) is 28.2. The minimum absolute atomic E-state index is 0.637. The standard InChI is InChI=1S/C45H27N3O2/c1-2-12-28(13-3-1)45-47-38(32-15-5-4-14-31(32)37-18-10-11-25-46-37)27-39(48-45)35-24-23-30(43-36-17-7-9-20-41(36)50-44(35)43)29-21-22-34-33-16-6-8-19-40(33)49-42(34)26-29/h1-27H. The van der Waals surface area contributed by atoms with E-state index in [1.807, 2.05) is 97.2 Å². The smallest absolute Gasteiger partial charge is 0.160 e. The zero-order chi connectivity index (χ0) is 33.0. The highest BCUT2D eigenvalue weighted by Crippen LogP contribution is 2.43. The third-order valence-corrected chi connectivity index (χ3v) is 9.39. The Bertz CT molecular complexity index is 2870. The average molecular weight is 642 g/mol. The molecule has 6 aromatic carbocycles. The minimum atomic E-state index is 0.637. The largest absolute Gasteiger partial charge is 0.456 e. The first-order valence-electron chi connectivity index (χ1n) is 16.6. The van der Waals surface area contributed by atoms with Crippen LogP contribution in [0.2, 0.25) is 0 Å². The molecule has 4 heterocycles. The van der Waals surface area contributed by atoms with Crippen molar-refractivity contribution in [3.63, 3.8) is 0 Å². The van der Waals surface area contributed by atoms with Crippen LogP contribution in [-0.4, -0.2) is 15.0 Å². The van der Waals surface area contributed by atoms with Crippen LogP contribution in [0.4, 0.5) is 0 Å². The van der Waals surface area contributed by atoms with E-state index >= 15 is 0 Å². The first-order valence-corrected chi connectivity index (χ1v) is 16.6. The molecule has 0 aliphatic heterocycles. The van der Waals surface area contributed by atoms with Crippen molar-refractivity contribution in [3.05, 3.63) is 164 Å². The molecule has 5 nitrogen and oxygen atoms in total. The van der Waals surface area contributed by atoms with Crippen molar-refractivity contribution < 1.29 is 8.83 Å². The lowest BCUT2D eigenvalue weighted by molar-refractivity contribution is 0.668. The Balaban J connectivity index is 1.22. The fraction of sp³-hybridized carbons (Fsp3) is 0. The van der Waals surface area contributed by atoms with E-state index in [4.69, 9.17) is 18.8 Å². The molecular weight excluding hydrogens is 615 g/mol. The maximum absolute atomic E-state index is 6.73. The van der Waals surface area contributed by atoms with Crippen molar-refractivity contribution in [2.45, 2.75) is 0 Å². The predicted molar refractivity (Wildman–Crippen MR) is 202 cm³/mol. The van der Waals surface area contributed by atoms with Crippen LogP contribution in [0, 0.1) is 0 Å². The molecule has 0 N–H and O–H groups in total. The van der Waals surface area contributed by atoms with E-state index in [0.717, 1.165) is 94.3 Å². The molecule has 234 valence electrons. The summed E-state index contributed by atoms with van der Waals surface area (Å²) in [6.45, 7) is 0. The van der Waals surface area contributed by atoms with Crippen LogP contribution in [0.5, 0.6) is 0 Å². The molecule has 0 fully saturated rings. The van der Waals surface area contributed by atoms with Crippen LogP contribution in [0.15, 0.2) is 173 Å². The van der Waals surface area contributed by atoms with E-state index in [0.29, 0.717) is 5.82 Å². The summed E-state index contributed by atoms with van der Waals surface area (Å²) >= 11 is 0. The zero-order valence-electron chi connectivity index (χ0n) is 26.7. The van der Waals surface area contributed by atoms with Gasteiger partial charge in [0.25, 0.3) is 0 Å². The summed E-state index contributed by atoms with van der Waals surface area (Å²) in [6, 6.07) is 53.5. The molecule has 0 saturated heterocycles. The third kappa shape index (κ3) is 4.60. The van der Waals surface area contributed by atoms with Gasteiger partial charge in [-0.3, -0.25) is 4.98 Å². The quantitative estimate of drug-likeness (QED) is 0.187. The Morgan fingerprint density at radius 3 is 1.82 bits per heavy atom. The van der Waals surface area contributed by atoms with Crippen LogP contribution < -0.4 is 0 Å². The van der Waals surface area contributed by atoms with Gasteiger partial charge in [0, 0.05) is 50.0 Å². The summed E-state index contributed by atoms with van der Waals surface area (Å²) in [5.41, 5.74) is 11.7. The Hall–Kier alpha value is -6.85. The van der Waals surface area contributed by atoms with E-state index in [2.05, 4.69) is 71.7 Å². The third-order valence-electron chi connectivity index (χ3n) is 9.39. The van der Waals surface area contributed by atoms with Gasteiger partial charge in [-0.15, -0.1) is 0 Å². The molecule has 0 bridgehead atoms. The molecule has 0 aliphatic rings. The van der Waals surface area contributed by atoms with E-state index in [9.17, 15) is 0 Å². The van der Waals surface area contributed by atoms with Crippen molar-refractivity contribution in [1.29, 1.82) is 0 Å².